The van der Waals surface area contributed by atoms with E-state index in [-0.39, 0.29) is 6.61 Å². The van der Waals surface area contributed by atoms with Crippen LogP contribution in [0.15, 0.2) is 60.2 Å². The smallest absolute Gasteiger partial charge is 0.252 e. The lowest BCUT2D eigenvalue weighted by Gasteiger charge is -2.12. The number of carbonyl (C=O) groups excluding carboxylic acids is 2. The number of nitrogens with one attached hydrogen (secondary N) is 2. The average molecular weight is 411 g/mol. The molecule has 0 aromatic heterocycles. The van der Waals surface area contributed by atoms with Crippen LogP contribution in [0.1, 0.15) is 12.5 Å². The number of methoxy groups -OCH3 is 2. The normalized spacial score (nSPS) is 11.4. The van der Waals surface area contributed by atoms with Gasteiger partial charge in [-0.25, -0.2) is 5.43 Å². The van der Waals surface area contributed by atoms with Crippen LogP contribution in [0.3, 0.4) is 0 Å². The minimum atomic E-state index is -0.953. The second kappa shape index (κ2) is 11.3. The molecule has 0 aliphatic rings. The van der Waals surface area contributed by atoms with Crippen LogP contribution in [0.2, 0.25) is 0 Å². The molecule has 0 radical (unpaired) electrons. The van der Waals surface area contributed by atoms with Crippen molar-refractivity contribution in [3.05, 3.63) is 60.7 Å². The molecule has 8 heteroatoms. The maximum absolute atomic E-state index is 12.3. The fraction of sp³-hybridized carbons (Fsp3) is 0.227. The summed E-state index contributed by atoms with van der Waals surface area (Å²) >= 11 is 0. The lowest BCUT2D eigenvalue weighted by molar-refractivity contribution is -0.131. The number of hydrazone groups is 1. The molecular formula is C22H25N3O5. The van der Waals surface area contributed by atoms with Crippen LogP contribution in [-0.4, -0.2) is 38.9 Å². The van der Waals surface area contributed by atoms with E-state index in [2.05, 4.69) is 22.4 Å². The van der Waals surface area contributed by atoms with Gasteiger partial charge in [0, 0.05) is 11.3 Å². The summed E-state index contributed by atoms with van der Waals surface area (Å²) in [6, 6.07) is 12.1. The van der Waals surface area contributed by atoms with Gasteiger partial charge in [0.05, 0.1) is 20.4 Å². The molecule has 2 rings (SSSR count). The summed E-state index contributed by atoms with van der Waals surface area (Å²) in [4.78, 5) is 24.6. The Hall–Kier alpha value is -3.81. The van der Waals surface area contributed by atoms with Gasteiger partial charge in [0.2, 0.25) is 5.91 Å². The van der Waals surface area contributed by atoms with Gasteiger partial charge in [0.25, 0.3) is 5.91 Å². The van der Waals surface area contributed by atoms with Crippen LogP contribution < -0.4 is 25.0 Å². The third-order valence-electron chi connectivity index (χ3n) is 4.10. The highest BCUT2D eigenvalue weighted by Gasteiger charge is 2.21. The minimum Gasteiger partial charge on any atom is -0.497 e. The van der Waals surface area contributed by atoms with Crippen LogP contribution in [0, 0.1) is 5.92 Å². The molecule has 2 amide bonds. The number of hydrogen-bond donors (Lipinski definition) is 2. The van der Waals surface area contributed by atoms with Gasteiger partial charge in [-0.2, -0.15) is 5.10 Å². The van der Waals surface area contributed by atoms with Crippen molar-refractivity contribution in [3.8, 4) is 17.2 Å². The van der Waals surface area contributed by atoms with E-state index in [0.717, 1.165) is 0 Å². The van der Waals surface area contributed by atoms with Crippen molar-refractivity contribution in [2.45, 2.75) is 6.92 Å². The molecule has 0 aliphatic carbocycles. The maximum Gasteiger partial charge on any atom is 0.252 e. The van der Waals surface area contributed by atoms with Crippen LogP contribution in [0.5, 0.6) is 17.2 Å². The molecule has 30 heavy (non-hydrogen) atoms. The summed E-state index contributed by atoms with van der Waals surface area (Å²) in [6.45, 7) is 5.40. The molecule has 2 N–H and O–H groups in total. The molecule has 2 aromatic rings. The second-order valence-corrected chi connectivity index (χ2v) is 6.15. The van der Waals surface area contributed by atoms with E-state index >= 15 is 0 Å². The number of amides is 2. The Morgan fingerprint density at radius 3 is 2.47 bits per heavy atom. The fourth-order valence-corrected chi connectivity index (χ4v) is 2.40. The van der Waals surface area contributed by atoms with Crippen molar-refractivity contribution in [2.24, 2.45) is 11.0 Å². The van der Waals surface area contributed by atoms with Crippen molar-refractivity contribution in [2.75, 3.05) is 26.1 Å². The third-order valence-corrected chi connectivity index (χ3v) is 4.10. The van der Waals surface area contributed by atoms with Crippen molar-refractivity contribution in [1.29, 1.82) is 0 Å². The number of ether oxygens (including phenoxy) is 3. The molecule has 0 saturated heterocycles. The van der Waals surface area contributed by atoms with E-state index < -0.39 is 17.7 Å². The molecule has 0 fully saturated rings. The lowest BCUT2D eigenvalue weighted by Crippen LogP contribution is -2.34. The van der Waals surface area contributed by atoms with Crippen molar-refractivity contribution < 1.29 is 23.8 Å². The highest BCUT2D eigenvalue weighted by Crippen LogP contribution is 2.30. The highest BCUT2D eigenvalue weighted by atomic mass is 16.5. The molecular weight excluding hydrogens is 386 g/mol. The third kappa shape index (κ3) is 6.10. The van der Waals surface area contributed by atoms with Gasteiger partial charge in [-0.05, 0) is 43.3 Å². The highest BCUT2D eigenvalue weighted by molar-refractivity contribution is 6.06. The SMILES string of the molecule is C=CCOc1c(C=NNC(=O)C(C)C(=O)Nc2ccc(OC)cc2)cccc1OC. The number of carbonyl (C=O) groups is 2. The average Bonchev–Trinajstić information content (AvgIpc) is 2.77. The Labute approximate surface area is 175 Å². The fourth-order valence-electron chi connectivity index (χ4n) is 2.40. The molecule has 0 heterocycles. The van der Waals surface area contributed by atoms with Crippen LogP contribution in [0.4, 0.5) is 5.69 Å². The molecule has 0 bridgehead atoms. The van der Waals surface area contributed by atoms with Gasteiger partial charge in [0.1, 0.15) is 18.3 Å². The minimum absolute atomic E-state index is 0.288. The van der Waals surface area contributed by atoms with E-state index in [1.54, 1.807) is 55.7 Å². The molecule has 158 valence electrons. The monoisotopic (exact) mass is 411 g/mol. The van der Waals surface area contributed by atoms with E-state index in [1.807, 2.05) is 0 Å². The zero-order valence-electron chi connectivity index (χ0n) is 17.2. The van der Waals surface area contributed by atoms with Gasteiger partial charge in [-0.15, -0.1) is 0 Å². The molecule has 1 atom stereocenters. The first-order valence-corrected chi connectivity index (χ1v) is 9.18. The standard InChI is InChI=1S/C22H25N3O5/c1-5-13-30-20-16(7-6-8-19(20)29-4)14-23-25-22(27)15(2)21(26)24-17-9-11-18(28-3)12-10-17/h5-12,14-15H,1,13H2,2-4H3,(H,24,26)(H,25,27). The molecule has 0 aliphatic heterocycles. The number of nitrogens with zero attached hydrogens (tertiary/aromatic N) is 1. The summed E-state index contributed by atoms with van der Waals surface area (Å²) < 4.78 is 16.0. The number of rotatable bonds is 10. The Morgan fingerprint density at radius 1 is 1.10 bits per heavy atom. The zero-order chi connectivity index (χ0) is 21.9. The Bertz CT molecular complexity index is 909. The van der Waals surface area contributed by atoms with Gasteiger partial charge < -0.3 is 19.5 Å². The Morgan fingerprint density at radius 2 is 1.83 bits per heavy atom. The van der Waals surface area contributed by atoms with Crippen LogP contribution in [0.25, 0.3) is 0 Å². The number of para-hydroxylation sites is 1. The maximum atomic E-state index is 12.3. The van der Waals surface area contributed by atoms with E-state index in [0.29, 0.717) is 28.5 Å². The van der Waals surface area contributed by atoms with Crippen molar-refractivity contribution >= 4 is 23.7 Å². The van der Waals surface area contributed by atoms with Gasteiger partial charge >= 0.3 is 0 Å². The Kier molecular flexibility index (Phi) is 8.43. The van der Waals surface area contributed by atoms with Gasteiger partial charge in [-0.3, -0.25) is 9.59 Å². The molecule has 1 unspecified atom stereocenters. The molecule has 0 spiro atoms. The quantitative estimate of drug-likeness (QED) is 0.271. The number of benzene rings is 2. The summed E-state index contributed by atoms with van der Waals surface area (Å²) in [5, 5.41) is 6.61. The predicted octanol–water partition coefficient (Wildman–Crippen LogP) is 2.99. The van der Waals surface area contributed by atoms with Gasteiger partial charge in [0.15, 0.2) is 11.5 Å². The first kappa shape index (κ1) is 22.5. The number of hydrogen-bond acceptors (Lipinski definition) is 6. The summed E-state index contributed by atoms with van der Waals surface area (Å²) in [7, 11) is 3.09. The number of anilines is 1. The van der Waals surface area contributed by atoms with E-state index in [9.17, 15) is 9.59 Å². The predicted molar refractivity (Wildman–Crippen MR) is 115 cm³/mol. The van der Waals surface area contributed by atoms with Gasteiger partial charge in [-0.1, -0.05) is 18.7 Å². The molecule has 8 nitrogen and oxygen atoms in total. The van der Waals surface area contributed by atoms with Crippen LogP contribution >= 0.6 is 0 Å². The van der Waals surface area contributed by atoms with Crippen LogP contribution in [-0.2, 0) is 9.59 Å². The first-order valence-electron chi connectivity index (χ1n) is 9.18. The topological polar surface area (TPSA) is 98.2 Å². The van der Waals surface area contributed by atoms with E-state index in [4.69, 9.17) is 14.2 Å². The zero-order valence-corrected chi connectivity index (χ0v) is 17.2. The first-order chi connectivity index (χ1) is 14.5. The van der Waals surface area contributed by atoms with Crippen molar-refractivity contribution in [1.82, 2.24) is 5.43 Å². The van der Waals surface area contributed by atoms with E-state index in [1.165, 1.54) is 20.2 Å². The van der Waals surface area contributed by atoms with Crippen molar-refractivity contribution in [3.63, 3.8) is 0 Å². The largest absolute Gasteiger partial charge is 0.497 e. The Balaban J connectivity index is 1.99. The summed E-state index contributed by atoms with van der Waals surface area (Å²) in [5.41, 5.74) is 3.53. The molecule has 2 aromatic carbocycles. The second-order valence-electron chi connectivity index (χ2n) is 6.15. The summed E-state index contributed by atoms with van der Waals surface area (Å²) in [5.74, 6) is -0.284. The summed E-state index contributed by atoms with van der Waals surface area (Å²) in [6.07, 6.45) is 3.03. The molecule has 0 saturated carbocycles. The lowest BCUT2D eigenvalue weighted by atomic mass is 10.1.